The summed E-state index contributed by atoms with van der Waals surface area (Å²) in [5.74, 6) is 0.671. The summed E-state index contributed by atoms with van der Waals surface area (Å²) in [6.07, 6.45) is 0. The predicted octanol–water partition coefficient (Wildman–Crippen LogP) is 0.868. The van der Waals surface area contributed by atoms with Gasteiger partial charge in [-0.2, -0.15) is 0 Å². The summed E-state index contributed by atoms with van der Waals surface area (Å²) in [6, 6.07) is 7.30. The minimum Gasteiger partial charge on any atom is -0.491 e. The summed E-state index contributed by atoms with van der Waals surface area (Å²) in [5, 5.41) is 0. The van der Waals surface area contributed by atoms with Crippen molar-refractivity contribution in [2.75, 3.05) is 19.7 Å². The van der Waals surface area contributed by atoms with Gasteiger partial charge in [0.15, 0.2) is 0 Å². The number of nitrogens with zero attached hydrogens (tertiary/aromatic N) is 1. The molecular weight excluding hydrogens is 204 g/mol. The van der Waals surface area contributed by atoms with E-state index in [-0.39, 0.29) is 11.9 Å². The van der Waals surface area contributed by atoms with Gasteiger partial charge >= 0.3 is 0 Å². The van der Waals surface area contributed by atoms with E-state index < -0.39 is 0 Å². The lowest BCUT2D eigenvalue weighted by atomic mass is 10.1. The highest BCUT2D eigenvalue weighted by molar-refractivity contribution is 5.97. The number of hydrogen-bond donors (Lipinski definition) is 1. The van der Waals surface area contributed by atoms with Crippen molar-refractivity contribution < 1.29 is 9.53 Å². The van der Waals surface area contributed by atoms with Crippen LogP contribution in [0.2, 0.25) is 0 Å². The number of rotatable bonds is 2. The number of fused-ring (bicyclic) bond motifs is 1. The number of carbonyl (C=O) groups excluding carboxylic acids is 1. The molecule has 0 spiro atoms. The predicted molar refractivity (Wildman–Crippen MR) is 61.5 cm³/mol. The van der Waals surface area contributed by atoms with E-state index in [4.69, 9.17) is 10.5 Å². The van der Waals surface area contributed by atoms with E-state index in [0.717, 1.165) is 0 Å². The van der Waals surface area contributed by atoms with Crippen LogP contribution in [0.3, 0.4) is 0 Å². The van der Waals surface area contributed by atoms with Crippen molar-refractivity contribution in [1.82, 2.24) is 4.90 Å². The minimum atomic E-state index is -0.0192. The largest absolute Gasteiger partial charge is 0.491 e. The second kappa shape index (κ2) is 4.53. The number of benzene rings is 1. The Morgan fingerprint density at radius 1 is 1.50 bits per heavy atom. The minimum absolute atomic E-state index is 0.00500. The first-order valence-electron chi connectivity index (χ1n) is 5.45. The molecule has 2 rings (SSSR count). The monoisotopic (exact) mass is 220 g/mol. The molecule has 0 aromatic heterocycles. The Morgan fingerprint density at radius 2 is 2.25 bits per heavy atom. The normalized spacial score (nSPS) is 17.4. The van der Waals surface area contributed by atoms with Gasteiger partial charge in [0.1, 0.15) is 12.4 Å². The van der Waals surface area contributed by atoms with Gasteiger partial charge in [0.25, 0.3) is 5.91 Å². The molecule has 86 valence electrons. The highest BCUT2D eigenvalue weighted by Crippen LogP contribution is 2.22. The van der Waals surface area contributed by atoms with Crippen LogP contribution >= 0.6 is 0 Å². The first-order chi connectivity index (χ1) is 7.68. The maximum Gasteiger partial charge on any atom is 0.257 e. The van der Waals surface area contributed by atoms with Crippen LogP contribution in [0.1, 0.15) is 17.3 Å². The Bertz CT molecular complexity index is 390. The van der Waals surface area contributed by atoms with Crippen molar-refractivity contribution in [3.05, 3.63) is 29.8 Å². The molecule has 1 aromatic carbocycles. The van der Waals surface area contributed by atoms with Crippen LogP contribution in [-0.4, -0.2) is 36.5 Å². The molecule has 1 aliphatic heterocycles. The summed E-state index contributed by atoms with van der Waals surface area (Å²) in [4.78, 5) is 13.9. The van der Waals surface area contributed by atoms with Crippen LogP contribution in [0.15, 0.2) is 24.3 Å². The van der Waals surface area contributed by atoms with Gasteiger partial charge in [-0.15, -0.1) is 0 Å². The van der Waals surface area contributed by atoms with Gasteiger partial charge in [0.2, 0.25) is 0 Å². The highest BCUT2D eigenvalue weighted by Gasteiger charge is 2.23. The molecule has 1 atom stereocenters. The Labute approximate surface area is 95.0 Å². The van der Waals surface area contributed by atoms with Crippen molar-refractivity contribution in [2.45, 2.75) is 13.0 Å². The summed E-state index contributed by atoms with van der Waals surface area (Å²) in [6.45, 7) is 3.58. The van der Waals surface area contributed by atoms with E-state index in [1.54, 1.807) is 11.0 Å². The Morgan fingerprint density at radius 3 is 3.00 bits per heavy atom. The quantitative estimate of drug-likeness (QED) is 0.804. The molecule has 16 heavy (non-hydrogen) atoms. The summed E-state index contributed by atoms with van der Waals surface area (Å²) < 4.78 is 5.53. The summed E-state index contributed by atoms with van der Waals surface area (Å²) >= 11 is 0. The van der Waals surface area contributed by atoms with E-state index in [1.807, 2.05) is 25.1 Å². The molecule has 0 radical (unpaired) electrons. The lowest BCUT2D eigenvalue weighted by molar-refractivity contribution is 0.0748. The number of ether oxygens (including phenoxy) is 1. The zero-order valence-electron chi connectivity index (χ0n) is 9.35. The van der Waals surface area contributed by atoms with Gasteiger partial charge in [-0.1, -0.05) is 12.1 Å². The molecule has 1 aromatic rings. The van der Waals surface area contributed by atoms with Crippen LogP contribution in [0, 0.1) is 0 Å². The third-order valence-corrected chi connectivity index (χ3v) is 2.53. The molecule has 1 amide bonds. The first-order valence-corrected chi connectivity index (χ1v) is 5.45. The molecule has 4 nitrogen and oxygen atoms in total. The second-order valence-corrected chi connectivity index (χ2v) is 4.07. The standard InChI is InChI=1S/C12H16N2O2/c1-9(13)8-14-6-7-16-11-5-3-2-4-10(11)12(14)15/h2-5,9H,6-8,13H2,1H3/t9-/m0/s1. The average Bonchev–Trinajstić information content (AvgIpc) is 2.40. The maximum absolute atomic E-state index is 12.2. The zero-order chi connectivity index (χ0) is 11.5. The van der Waals surface area contributed by atoms with Gasteiger partial charge in [0.05, 0.1) is 12.1 Å². The fourth-order valence-corrected chi connectivity index (χ4v) is 1.83. The van der Waals surface area contributed by atoms with Gasteiger partial charge < -0.3 is 15.4 Å². The number of carbonyl (C=O) groups is 1. The van der Waals surface area contributed by atoms with Gasteiger partial charge in [-0.25, -0.2) is 0 Å². The van der Waals surface area contributed by atoms with E-state index in [0.29, 0.717) is 31.0 Å². The number of hydrogen-bond acceptors (Lipinski definition) is 3. The van der Waals surface area contributed by atoms with Gasteiger partial charge in [-0.05, 0) is 19.1 Å². The zero-order valence-corrected chi connectivity index (χ0v) is 9.35. The Balaban J connectivity index is 2.26. The lowest BCUT2D eigenvalue weighted by Gasteiger charge is -2.21. The molecule has 0 unspecified atom stereocenters. The lowest BCUT2D eigenvalue weighted by Crippen LogP contribution is -2.40. The molecule has 1 aliphatic rings. The van der Waals surface area contributed by atoms with Gasteiger partial charge in [-0.3, -0.25) is 4.79 Å². The first kappa shape index (κ1) is 11.0. The van der Waals surface area contributed by atoms with Crippen molar-refractivity contribution in [1.29, 1.82) is 0 Å². The molecule has 4 heteroatoms. The fourth-order valence-electron chi connectivity index (χ4n) is 1.83. The van der Waals surface area contributed by atoms with Crippen LogP contribution in [0.25, 0.3) is 0 Å². The smallest absolute Gasteiger partial charge is 0.257 e. The number of nitrogens with two attached hydrogens (primary N) is 1. The van der Waals surface area contributed by atoms with Crippen molar-refractivity contribution in [3.8, 4) is 5.75 Å². The van der Waals surface area contributed by atoms with Crippen molar-refractivity contribution in [2.24, 2.45) is 5.73 Å². The van der Waals surface area contributed by atoms with E-state index >= 15 is 0 Å². The summed E-state index contributed by atoms with van der Waals surface area (Å²) in [5.41, 5.74) is 6.35. The number of amides is 1. The highest BCUT2D eigenvalue weighted by atomic mass is 16.5. The molecule has 0 bridgehead atoms. The molecular formula is C12H16N2O2. The Hall–Kier alpha value is -1.55. The Kier molecular flexibility index (Phi) is 3.10. The third-order valence-electron chi connectivity index (χ3n) is 2.53. The van der Waals surface area contributed by atoms with E-state index in [1.165, 1.54) is 0 Å². The summed E-state index contributed by atoms with van der Waals surface area (Å²) in [7, 11) is 0. The molecule has 0 aliphatic carbocycles. The number of para-hydroxylation sites is 1. The second-order valence-electron chi connectivity index (χ2n) is 4.07. The van der Waals surface area contributed by atoms with Crippen molar-refractivity contribution >= 4 is 5.91 Å². The average molecular weight is 220 g/mol. The fraction of sp³-hybridized carbons (Fsp3) is 0.417. The van der Waals surface area contributed by atoms with Crippen LogP contribution in [0.5, 0.6) is 5.75 Å². The van der Waals surface area contributed by atoms with Gasteiger partial charge in [0, 0.05) is 12.6 Å². The molecule has 0 fully saturated rings. The molecule has 0 saturated heterocycles. The molecule has 1 heterocycles. The molecule has 0 saturated carbocycles. The molecule has 2 N–H and O–H groups in total. The SMILES string of the molecule is C[C@H](N)CN1CCOc2ccccc2C1=O. The van der Waals surface area contributed by atoms with E-state index in [9.17, 15) is 4.79 Å². The topological polar surface area (TPSA) is 55.6 Å². The van der Waals surface area contributed by atoms with Crippen LogP contribution in [0.4, 0.5) is 0 Å². The van der Waals surface area contributed by atoms with Crippen molar-refractivity contribution in [3.63, 3.8) is 0 Å². The van der Waals surface area contributed by atoms with Crippen LogP contribution in [-0.2, 0) is 0 Å². The maximum atomic E-state index is 12.2. The van der Waals surface area contributed by atoms with E-state index in [2.05, 4.69) is 0 Å². The van der Waals surface area contributed by atoms with Crippen LogP contribution < -0.4 is 10.5 Å². The third kappa shape index (κ3) is 2.17.